The third-order valence-electron chi connectivity index (χ3n) is 7.38. The summed E-state index contributed by atoms with van der Waals surface area (Å²) in [5, 5.41) is 9.89. The Hall–Kier alpha value is -3.04. The van der Waals surface area contributed by atoms with E-state index in [1.165, 1.54) is 7.11 Å². The lowest BCUT2D eigenvalue weighted by molar-refractivity contribution is -0.123. The molecule has 0 saturated carbocycles. The Morgan fingerprint density at radius 2 is 1.71 bits per heavy atom. The number of hydrogen-bond donors (Lipinski definition) is 4. The third kappa shape index (κ3) is 8.49. The summed E-state index contributed by atoms with van der Waals surface area (Å²) in [6.45, 7) is 3.93. The van der Waals surface area contributed by atoms with Crippen LogP contribution in [0.15, 0.2) is 78.9 Å². The van der Waals surface area contributed by atoms with Crippen molar-refractivity contribution in [2.75, 3.05) is 26.7 Å². The SMILES string of the molecule is COC(=O)N[C@H](C(=O)NCCCC1CNC[C@@H](C(S)c2ccc(Cl)cc2C)O1)C(c1ccccc1)c1ccccc1. The number of methoxy groups -OCH3 is 1. The van der Waals surface area contributed by atoms with Crippen molar-refractivity contribution >= 4 is 36.2 Å². The summed E-state index contributed by atoms with van der Waals surface area (Å²) in [5.74, 6) is -0.672. The van der Waals surface area contributed by atoms with Gasteiger partial charge in [-0.1, -0.05) is 78.3 Å². The maximum atomic E-state index is 13.5. The molecule has 1 fully saturated rings. The number of aryl methyl sites for hydroxylation is 1. The molecule has 3 aromatic carbocycles. The number of morpholine rings is 1. The number of halogens is 1. The number of thiol groups is 1. The maximum absolute atomic E-state index is 13.5. The van der Waals surface area contributed by atoms with E-state index in [2.05, 4.69) is 16.0 Å². The van der Waals surface area contributed by atoms with E-state index in [0.29, 0.717) is 24.5 Å². The Balaban J connectivity index is 1.37. The van der Waals surface area contributed by atoms with Crippen LogP contribution in [0.25, 0.3) is 0 Å². The number of ether oxygens (including phenoxy) is 2. The van der Waals surface area contributed by atoms with Crippen molar-refractivity contribution in [1.82, 2.24) is 16.0 Å². The largest absolute Gasteiger partial charge is 0.453 e. The molecule has 4 atom stereocenters. The van der Waals surface area contributed by atoms with Gasteiger partial charge in [0.2, 0.25) is 5.91 Å². The number of nitrogens with one attached hydrogen (secondary N) is 3. The van der Waals surface area contributed by atoms with Crippen LogP contribution in [0.4, 0.5) is 4.79 Å². The Morgan fingerprint density at radius 1 is 1.05 bits per heavy atom. The number of amides is 2. The molecule has 0 spiro atoms. The van der Waals surface area contributed by atoms with Crippen molar-refractivity contribution in [3.8, 4) is 0 Å². The predicted molar refractivity (Wildman–Crippen MR) is 166 cm³/mol. The minimum atomic E-state index is -0.864. The first-order valence-electron chi connectivity index (χ1n) is 13.9. The third-order valence-corrected chi connectivity index (χ3v) is 8.23. The van der Waals surface area contributed by atoms with Crippen molar-refractivity contribution in [1.29, 1.82) is 0 Å². The molecule has 7 nitrogen and oxygen atoms in total. The van der Waals surface area contributed by atoms with E-state index in [4.69, 9.17) is 33.7 Å². The number of benzene rings is 3. The highest BCUT2D eigenvalue weighted by atomic mass is 35.5. The first-order valence-corrected chi connectivity index (χ1v) is 14.8. The molecule has 41 heavy (non-hydrogen) atoms. The van der Waals surface area contributed by atoms with Crippen LogP contribution in [0.2, 0.25) is 5.02 Å². The van der Waals surface area contributed by atoms with E-state index >= 15 is 0 Å². The zero-order valence-corrected chi connectivity index (χ0v) is 25.0. The molecule has 2 amide bonds. The highest BCUT2D eigenvalue weighted by molar-refractivity contribution is 7.80. The van der Waals surface area contributed by atoms with Crippen LogP contribution in [0, 0.1) is 6.92 Å². The molecular weight excluding hydrogens is 558 g/mol. The summed E-state index contributed by atoms with van der Waals surface area (Å²) < 4.78 is 11.3. The highest BCUT2D eigenvalue weighted by Gasteiger charge is 2.33. The molecule has 1 aliphatic heterocycles. The van der Waals surface area contributed by atoms with Crippen LogP contribution in [0.3, 0.4) is 0 Å². The summed E-state index contributed by atoms with van der Waals surface area (Å²) in [6.07, 6.45) is 0.733. The first kappa shape index (κ1) is 30.9. The molecule has 9 heteroatoms. The maximum Gasteiger partial charge on any atom is 0.407 e. The summed E-state index contributed by atoms with van der Waals surface area (Å²) in [4.78, 5) is 25.8. The van der Waals surface area contributed by atoms with Crippen molar-refractivity contribution in [2.45, 2.75) is 49.2 Å². The van der Waals surface area contributed by atoms with E-state index in [9.17, 15) is 9.59 Å². The molecule has 1 heterocycles. The molecule has 0 bridgehead atoms. The molecule has 3 N–H and O–H groups in total. The summed E-state index contributed by atoms with van der Waals surface area (Å²) in [5.41, 5.74) is 4.03. The molecule has 1 saturated heterocycles. The number of hydrogen-bond acceptors (Lipinski definition) is 6. The molecule has 1 aliphatic rings. The fraction of sp³-hybridized carbons (Fsp3) is 0.375. The lowest BCUT2D eigenvalue weighted by Crippen LogP contribution is -2.50. The summed E-state index contributed by atoms with van der Waals surface area (Å²) >= 11 is 11.0. The molecule has 2 unspecified atom stereocenters. The van der Waals surface area contributed by atoms with E-state index in [-0.39, 0.29) is 23.4 Å². The van der Waals surface area contributed by atoms with Crippen molar-refractivity contribution in [3.05, 3.63) is 106 Å². The standard InChI is InChI=1S/C32H38ClN3O4S/c1-21-18-24(33)15-16-26(21)30(41)27-20-34-19-25(40-27)14-9-17-35-31(37)29(36-32(38)39-2)28(22-10-5-3-6-11-22)23-12-7-4-8-13-23/h3-8,10-13,15-16,18,25,27-30,34,41H,9,14,17,19-20H2,1-2H3,(H,35,37)(H,36,38)/t25?,27-,29-,30?/m0/s1. The Morgan fingerprint density at radius 3 is 2.32 bits per heavy atom. The molecule has 0 aromatic heterocycles. The average Bonchev–Trinajstić information content (AvgIpc) is 2.99. The highest BCUT2D eigenvalue weighted by Crippen LogP contribution is 2.32. The fourth-order valence-electron chi connectivity index (χ4n) is 5.29. The van der Waals surface area contributed by atoms with Gasteiger partial charge in [-0.15, -0.1) is 0 Å². The van der Waals surface area contributed by atoms with Gasteiger partial charge in [-0.25, -0.2) is 4.79 Å². The molecule has 3 aromatic rings. The topological polar surface area (TPSA) is 88.7 Å². The van der Waals surface area contributed by atoms with Gasteiger partial charge in [0.1, 0.15) is 6.04 Å². The molecule has 0 radical (unpaired) electrons. The van der Waals surface area contributed by atoms with Crippen LogP contribution in [-0.2, 0) is 14.3 Å². The lowest BCUT2D eigenvalue weighted by atomic mass is 9.84. The van der Waals surface area contributed by atoms with Gasteiger partial charge in [0.15, 0.2) is 0 Å². The Labute approximate surface area is 252 Å². The minimum Gasteiger partial charge on any atom is -0.453 e. The van der Waals surface area contributed by atoms with E-state index in [0.717, 1.165) is 35.2 Å². The van der Waals surface area contributed by atoms with Gasteiger partial charge in [0.05, 0.1) is 24.6 Å². The average molecular weight is 596 g/mol. The van der Waals surface area contributed by atoms with Crippen LogP contribution in [-0.4, -0.2) is 57.0 Å². The van der Waals surface area contributed by atoms with Crippen molar-refractivity contribution in [2.24, 2.45) is 0 Å². The van der Waals surface area contributed by atoms with Gasteiger partial charge in [0.25, 0.3) is 0 Å². The van der Waals surface area contributed by atoms with Crippen LogP contribution >= 0.6 is 24.2 Å². The number of carbonyl (C=O) groups is 2. The normalized spacial score (nSPS) is 18.4. The predicted octanol–water partition coefficient (Wildman–Crippen LogP) is 5.43. The van der Waals surface area contributed by atoms with E-state index in [1.807, 2.05) is 85.8 Å². The second kappa shape index (κ2) is 15.3. The van der Waals surface area contributed by atoms with Crippen LogP contribution in [0.1, 0.15) is 46.3 Å². The summed E-state index contributed by atoms with van der Waals surface area (Å²) in [6, 6.07) is 24.4. The minimum absolute atomic E-state index is 0.00159. The fourth-order valence-corrected chi connectivity index (χ4v) is 5.98. The van der Waals surface area contributed by atoms with Gasteiger partial charge in [-0.05, 0) is 54.2 Å². The zero-order chi connectivity index (χ0) is 29.2. The quantitative estimate of drug-likeness (QED) is 0.175. The van der Waals surface area contributed by atoms with Gasteiger partial charge in [-0.2, -0.15) is 12.6 Å². The monoisotopic (exact) mass is 595 g/mol. The smallest absolute Gasteiger partial charge is 0.407 e. The first-order chi connectivity index (χ1) is 19.9. The second-order valence-corrected chi connectivity index (χ2v) is 11.2. The Kier molecular flexibility index (Phi) is 11.5. The van der Waals surface area contributed by atoms with Crippen LogP contribution in [0.5, 0.6) is 0 Å². The van der Waals surface area contributed by atoms with Gasteiger partial charge < -0.3 is 25.4 Å². The Bertz CT molecular complexity index is 1240. The van der Waals surface area contributed by atoms with Crippen LogP contribution < -0.4 is 16.0 Å². The summed E-state index contributed by atoms with van der Waals surface area (Å²) in [7, 11) is 1.29. The molecular formula is C32H38ClN3O4S. The second-order valence-electron chi connectivity index (χ2n) is 10.2. The van der Waals surface area contributed by atoms with Gasteiger partial charge in [-0.3, -0.25) is 4.79 Å². The number of carbonyl (C=O) groups excluding carboxylic acids is 2. The molecule has 4 rings (SSSR count). The van der Waals surface area contributed by atoms with E-state index in [1.54, 1.807) is 0 Å². The van der Waals surface area contributed by atoms with Gasteiger partial charge in [0, 0.05) is 30.6 Å². The number of alkyl carbamates (subject to hydrolysis) is 1. The number of rotatable bonds is 11. The zero-order valence-electron chi connectivity index (χ0n) is 23.4. The van der Waals surface area contributed by atoms with Crippen molar-refractivity contribution < 1.29 is 19.1 Å². The lowest BCUT2D eigenvalue weighted by Gasteiger charge is -2.34. The molecule has 218 valence electrons. The van der Waals surface area contributed by atoms with E-state index < -0.39 is 18.1 Å². The molecule has 0 aliphatic carbocycles. The van der Waals surface area contributed by atoms with Gasteiger partial charge >= 0.3 is 6.09 Å². The van der Waals surface area contributed by atoms with Crippen molar-refractivity contribution in [3.63, 3.8) is 0 Å².